The lowest BCUT2D eigenvalue weighted by Crippen LogP contribution is -2.25. The maximum absolute atomic E-state index is 13.3. The molecule has 0 aliphatic rings. The molecule has 0 saturated carbocycles. The van der Waals surface area contributed by atoms with Crippen molar-refractivity contribution in [1.82, 2.24) is 4.40 Å². The molecule has 8 heteroatoms. The van der Waals surface area contributed by atoms with Gasteiger partial charge in [0.2, 0.25) is 0 Å². The van der Waals surface area contributed by atoms with E-state index in [1.807, 2.05) is 30.3 Å². The van der Waals surface area contributed by atoms with Crippen molar-refractivity contribution >= 4 is 28.6 Å². The Morgan fingerprint density at radius 2 is 1.78 bits per heavy atom. The quantitative estimate of drug-likeness (QED) is 0.208. The molecule has 0 atom stereocenters. The van der Waals surface area contributed by atoms with E-state index in [1.54, 1.807) is 35.9 Å². The summed E-state index contributed by atoms with van der Waals surface area (Å²) in [5.41, 5.74) is 2.64. The zero-order chi connectivity index (χ0) is 22.8. The highest BCUT2D eigenvalue weighted by atomic mass is 16.6. The van der Waals surface area contributed by atoms with Crippen LogP contribution < -0.4 is 10.1 Å². The molecule has 4 aromatic rings. The van der Waals surface area contributed by atoms with Gasteiger partial charge in [-0.15, -0.1) is 0 Å². The lowest BCUT2D eigenvalue weighted by Gasteiger charge is -2.10. The fraction of sp³-hybridized carbons (Fsp3) is 0.0833. The van der Waals surface area contributed by atoms with Gasteiger partial charge in [-0.1, -0.05) is 24.3 Å². The molecule has 2 heterocycles. The van der Waals surface area contributed by atoms with Crippen LogP contribution in [0.5, 0.6) is 5.75 Å². The van der Waals surface area contributed by atoms with Crippen LogP contribution in [0.4, 0.5) is 11.4 Å². The highest BCUT2D eigenvalue weighted by molar-refractivity contribution is 6.47. The number of methoxy groups -OCH3 is 1. The third-order valence-corrected chi connectivity index (χ3v) is 5.25. The summed E-state index contributed by atoms with van der Waals surface area (Å²) in [5, 5.41) is 13.7. The summed E-state index contributed by atoms with van der Waals surface area (Å²) >= 11 is 0. The summed E-state index contributed by atoms with van der Waals surface area (Å²) in [6.45, 7) is 1.52. The second-order valence-corrected chi connectivity index (χ2v) is 7.12. The Morgan fingerprint density at radius 1 is 1.03 bits per heavy atom. The summed E-state index contributed by atoms with van der Waals surface area (Å²) in [7, 11) is 1.57. The van der Waals surface area contributed by atoms with Gasteiger partial charge in [0, 0.05) is 23.3 Å². The Hall–Kier alpha value is -4.46. The highest BCUT2D eigenvalue weighted by Crippen LogP contribution is 2.30. The standard InChI is InChI=1S/C24H19N3O5/c1-15-20(7-5-8-21(15)27(30)31)25-24(29)23(28)22-19(14-17-6-3-4-13-26(17)22)16-9-11-18(32-2)12-10-16/h3-14H,1-2H3,(H,25,29). The van der Waals surface area contributed by atoms with E-state index in [1.165, 1.54) is 25.1 Å². The number of nitrogens with zero attached hydrogens (tertiary/aromatic N) is 2. The van der Waals surface area contributed by atoms with Gasteiger partial charge in [0.15, 0.2) is 0 Å². The zero-order valence-electron chi connectivity index (χ0n) is 17.4. The number of hydrogen-bond acceptors (Lipinski definition) is 5. The van der Waals surface area contributed by atoms with Crippen LogP contribution in [-0.2, 0) is 4.79 Å². The molecule has 2 aromatic heterocycles. The van der Waals surface area contributed by atoms with Crippen LogP contribution in [0.25, 0.3) is 16.6 Å². The number of hydrogen-bond donors (Lipinski definition) is 1. The number of ether oxygens (including phenoxy) is 1. The van der Waals surface area contributed by atoms with Crippen molar-refractivity contribution in [2.24, 2.45) is 0 Å². The summed E-state index contributed by atoms with van der Waals surface area (Å²) in [5.74, 6) is -0.968. The molecule has 32 heavy (non-hydrogen) atoms. The van der Waals surface area contributed by atoms with Gasteiger partial charge in [0.1, 0.15) is 11.4 Å². The number of carbonyl (C=O) groups is 2. The molecule has 1 N–H and O–H groups in total. The number of aromatic nitrogens is 1. The number of Topliss-reactive ketones (excluding diaryl/α,β-unsaturated/α-hetero) is 1. The van der Waals surface area contributed by atoms with E-state index in [2.05, 4.69) is 5.32 Å². The molecule has 0 spiro atoms. The molecule has 8 nitrogen and oxygen atoms in total. The van der Waals surface area contributed by atoms with E-state index in [9.17, 15) is 19.7 Å². The fourth-order valence-electron chi connectivity index (χ4n) is 3.59. The number of benzene rings is 2. The molecular weight excluding hydrogens is 410 g/mol. The number of nitro benzene ring substituents is 1. The number of nitro groups is 1. The SMILES string of the molecule is COc1ccc(-c2cc3ccccn3c2C(=O)C(=O)Nc2cccc([N+](=O)[O-])c2C)cc1. The normalized spacial score (nSPS) is 10.7. The number of fused-ring (bicyclic) bond motifs is 1. The first-order chi connectivity index (χ1) is 15.4. The van der Waals surface area contributed by atoms with Crippen molar-refractivity contribution in [1.29, 1.82) is 0 Å². The minimum atomic E-state index is -0.882. The maximum Gasteiger partial charge on any atom is 0.298 e. The first kappa shape index (κ1) is 20.8. The third-order valence-electron chi connectivity index (χ3n) is 5.25. The summed E-state index contributed by atoms with van der Waals surface area (Å²) in [6.07, 6.45) is 1.71. The number of nitrogens with one attached hydrogen (secondary N) is 1. The van der Waals surface area contributed by atoms with Gasteiger partial charge in [-0.05, 0) is 48.9 Å². The molecule has 0 aliphatic heterocycles. The number of ketones is 1. The van der Waals surface area contributed by atoms with Gasteiger partial charge < -0.3 is 14.5 Å². The largest absolute Gasteiger partial charge is 0.497 e. The zero-order valence-corrected chi connectivity index (χ0v) is 17.4. The van der Waals surface area contributed by atoms with Crippen molar-refractivity contribution in [3.05, 3.63) is 94.3 Å². The van der Waals surface area contributed by atoms with Gasteiger partial charge in [-0.3, -0.25) is 19.7 Å². The van der Waals surface area contributed by atoms with Crippen LogP contribution in [0, 0.1) is 17.0 Å². The average Bonchev–Trinajstić information content (AvgIpc) is 3.19. The molecule has 0 unspecified atom stereocenters. The first-order valence-corrected chi connectivity index (χ1v) is 9.75. The Balaban J connectivity index is 1.75. The van der Waals surface area contributed by atoms with Crippen molar-refractivity contribution in [2.45, 2.75) is 6.92 Å². The third kappa shape index (κ3) is 3.69. The second-order valence-electron chi connectivity index (χ2n) is 7.12. The van der Waals surface area contributed by atoms with E-state index in [4.69, 9.17) is 4.74 Å². The minimum absolute atomic E-state index is 0.137. The molecule has 0 radical (unpaired) electrons. The molecule has 2 aromatic carbocycles. The Morgan fingerprint density at radius 3 is 2.47 bits per heavy atom. The molecule has 0 saturated heterocycles. The number of pyridine rings is 1. The van der Waals surface area contributed by atoms with E-state index < -0.39 is 16.6 Å². The van der Waals surface area contributed by atoms with Crippen molar-refractivity contribution in [2.75, 3.05) is 12.4 Å². The Bertz CT molecular complexity index is 1360. The smallest absolute Gasteiger partial charge is 0.298 e. The molecule has 0 aliphatic carbocycles. The molecule has 0 bridgehead atoms. The predicted octanol–water partition coefficient (Wildman–Crippen LogP) is 4.65. The van der Waals surface area contributed by atoms with Crippen LogP contribution in [0.15, 0.2) is 72.9 Å². The van der Waals surface area contributed by atoms with E-state index in [-0.39, 0.29) is 22.6 Å². The van der Waals surface area contributed by atoms with Gasteiger partial charge in [0.05, 0.1) is 23.3 Å². The van der Waals surface area contributed by atoms with Crippen LogP contribution in [0.2, 0.25) is 0 Å². The minimum Gasteiger partial charge on any atom is -0.497 e. The van der Waals surface area contributed by atoms with Crippen LogP contribution >= 0.6 is 0 Å². The van der Waals surface area contributed by atoms with Crippen molar-refractivity contribution in [3.8, 4) is 16.9 Å². The molecule has 0 fully saturated rings. The summed E-state index contributed by atoms with van der Waals surface area (Å²) in [4.78, 5) is 36.8. The molecule has 4 rings (SSSR count). The van der Waals surface area contributed by atoms with E-state index in [0.29, 0.717) is 11.3 Å². The van der Waals surface area contributed by atoms with Gasteiger partial charge in [-0.25, -0.2) is 0 Å². The van der Waals surface area contributed by atoms with Crippen molar-refractivity contribution in [3.63, 3.8) is 0 Å². The highest BCUT2D eigenvalue weighted by Gasteiger charge is 2.26. The topological polar surface area (TPSA) is 103 Å². The van der Waals surface area contributed by atoms with E-state index in [0.717, 1.165) is 11.1 Å². The van der Waals surface area contributed by atoms with Crippen LogP contribution in [-0.4, -0.2) is 28.1 Å². The molecular formula is C24H19N3O5. The summed E-state index contributed by atoms with van der Waals surface area (Å²) in [6, 6.07) is 18.8. The Kier molecular flexibility index (Phi) is 5.43. The number of carbonyl (C=O) groups excluding carboxylic acids is 2. The van der Waals surface area contributed by atoms with Crippen LogP contribution in [0.1, 0.15) is 16.1 Å². The lowest BCUT2D eigenvalue weighted by atomic mass is 10.0. The van der Waals surface area contributed by atoms with Crippen LogP contribution in [0.3, 0.4) is 0 Å². The monoisotopic (exact) mass is 429 g/mol. The number of amides is 1. The first-order valence-electron chi connectivity index (χ1n) is 9.75. The van der Waals surface area contributed by atoms with Crippen molar-refractivity contribution < 1.29 is 19.2 Å². The van der Waals surface area contributed by atoms with E-state index >= 15 is 0 Å². The Labute approximate surface area is 183 Å². The predicted molar refractivity (Wildman–Crippen MR) is 120 cm³/mol. The molecule has 1 amide bonds. The average molecular weight is 429 g/mol. The second kappa shape index (κ2) is 8.35. The maximum atomic E-state index is 13.3. The van der Waals surface area contributed by atoms with Gasteiger partial charge >= 0.3 is 0 Å². The molecule has 160 valence electrons. The number of anilines is 1. The van der Waals surface area contributed by atoms with Gasteiger partial charge in [-0.2, -0.15) is 0 Å². The lowest BCUT2D eigenvalue weighted by molar-refractivity contribution is -0.385. The summed E-state index contributed by atoms with van der Waals surface area (Å²) < 4.78 is 6.85. The number of rotatable bonds is 6. The fourth-order valence-corrected chi connectivity index (χ4v) is 3.59. The van der Waals surface area contributed by atoms with Gasteiger partial charge in [0.25, 0.3) is 17.4 Å².